The Morgan fingerprint density at radius 2 is 1.46 bits per heavy atom. The lowest BCUT2D eigenvalue weighted by Crippen LogP contribution is -2.67. The number of hydrogen-bond acceptors (Lipinski definition) is 8. The van der Waals surface area contributed by atoms with Crippen LogP contribution in [-0.4, -0.2) is 68.8 Å². The molecule has 2 aromatic carbocycles. The minimum Gasteiger partial charge on any atom is -0.456 e. The Morgan fingerprint density at radius 1 is 0.927 bits per heavy atom. The summed E-state index contributed by atoms with van der Waals surface area (Å²) < 4.78 is 25.0. The monoisotopic (exact) mass is 578 g/mol. The lowest BCUT2D eigenvalue weighted by molar-refractivity contribution is -0.166. The molecule has 0 bridgehead atoms. The fourth-order valence-electron chi connectivity index (χ4n) is 5.64. The van der Waals surface area contributed by atoms with Crippen molar-refractivity contribution in [3.8, 4) is 0 Å². The summed E-state index contributed by atoms with van der Waals surface area (Å²) in [6.07, 6.45) is 1.48. The number of rotatable bonds is 9. The van der Waals surface area contributed by atoms with Crippen molar-refractivity contribution in [2.24, 2.45) is 5.73 Å². The fraction of sp³-hybridized carbons (Fsp3) is 0.387. The molecule has 0 radical (unpaired) electrons. The molecule has 0 aliphatic carbocycles. The number of benzene rings is 2. The molecular weight excluding hydrogens is 540 g/mol. The van der Waals surface area contributed by atoms with Crippen LogP contribution in [0.5, 0.6) is 0 Å². The average molecular weight is 579 g/mol. The number of nitrogens with zero attached hydrogens (tertiary/aromatic N) is 1. The summed E-state index contributed by atoms with van der Waals surface area (Å²) in [5.41, 5.74) is 5.90. The van der Waals surface area contributed by atoms with Gasteiger partial charge in [-0.25, -0.2) is 0 Å². The minimum absolute atomic E-state index is 0.0650. The zero-order valence-electron chi connectivity index (χ0n) is 24.1. The Hall–Kier alpha value is -3.73. The molecule has 1 fully saturated rings. The van der Waals surface area contributed by atoms with Crippen LogP contribution in [0.2, 0.25) is 5.04 Å². The maximum Gasteiger partial charge on any atom is 0.303 e. The molecule has 2 N–H and O–H groups in total. The third-order valence-corrected chi connectivity index (χ3v) is 12.3. The second kappa shape index (κ2) is 12.4. The van der Waals surface area contributed by atoms with E-state index in [0.29, 0.717) is 5.57 Å². The SMILES string of the molecule is CC(=O)O[C@@H]1[C@H](OC(C)=O)[C@@H](CO[Si](c2ccccc2)(c2ccccc2)C(C)(C)C)O[C@H]1N1C=CC=C(C(N)=O)C1. The van der Waals surface area contributed by atoms with Crippen LogP contribution in [0.15, 0.2) is 84.6 Å². The van der Waals surface area contributed by atoms with Crippen LogP contribution < -0.4 is 16.1 Å². The Labute approximate surface area is 242 Å². The summed E-state index contributed by atoms with van der Waals surface area (Å²) in [7, 11) is -2.95. The second-order valence-electron chi connectivity index (χ2n) is 11.3. The third-order valence-electron chi connectivity index (χ3n) is 7.34. The number of esters is 2. The van der Waals surface area contributed by atoms with Crippen LogP contribution in [-0.2, 0) is 33.0 Å². The first-order valence-corrected chi connectivity index (χ1v) is 15.5. The van der Waals surface area contributed by atoms with Gasteiger partial charge < -0.3 is 29.3 Å². The molecule has 0 spiro atoms. The third kappa shape index (κ3) is 6.45. The molecule has 1 amide bonds. The summed E-state index contributed by atoms with van der Waals surface area (Å²) >= 11 is 0. The van der Waals surface area contributed by atoms with Crippen molar-refractivity contribution in [3.05, 3.63) is 84.6 Å². The van der Waals surface area contributed by atoms with Crippen LogP contribution >= 0.6 is 0 Å². The Bertz CT molecular complexity index is 1270. The van der Waals surface area contributed by atoms with Crippen LogP contribution in [0.1, 0.15) is 34.6 Å². The highest BCUT2D eigenvalue weighted by atomic mass is 28.4. The van der Waals surface area contributed by atoms with E-state index in [-0.39, 0.29) is 18.2 Å². The molecule has 41 heavy (non-hydrogen) atoms. The standard InChI is InChI=1S/C31H38N2O7Si/c1-21(34)38-27-26(40-30(28(27)39-22(2)35)33-18-12-13-23(19-33)29(32)36)20-37-41(31(3,4)5,24-14-8-6-9-15-24)25-16-10-7-11-17-25/h6-18,26-28,30H,19-20H2,1-5H3,(H2,32,36)/t26-,27-,28-,30-/m1/s1. The smallest absolute Gasteiger partial charge is 0.303 e. The quantitative estimate of drug-likeness (QED) is 0.356. The molecule has 2 aromatic rings. The number of carbonyl (C=O) groups excluding carboxylic acids is 3. The molecule has 218 valence electrons. The van der Waals surface area contributed by atoms with Crippen molar-refractivity contribution >= 4 is 36.5 Å². The molecule has 0 unspecified atom stereocenters. The van der Waals surface area contributed by atoms with Gasteiger partial charge in [-0.05, 0) is 21.5 Å². The topological polar surface area (TPSA) is 117 Å². The van der Waals surface area contributed by atoms with Gasteiger partial charge in [0.25, 0.3) is 8.32 Å². The normalized spacial score (nSPS) is 22.7. The molecule has 2 heterocycles. The Balaban J connectivity index is 1.73. The lowest BCUT2D eigenvalue weighted by atomic mass is 10.1. The van der Waals surface area contributed by atoms with Gasteiger partial charge in [0.1, 0.15) is 6.10 Å². The molecule has 2 aliphatic heterocycles. The fourth-order valence-corrected chi connectivity index (χ4v) is 10.2. The minimum atomic E-state index is -2.95. The summed E-state index contributed by atoms with van der Waals surface area (Å²) in [5, 5.41) is 1.88. The summed E-state index contributed by atoms with van der Waals surface area (Å²) in [4.78, 5) is 38.1. The van der Waals surface area contributed by atoms with Gasteiger partial charge >= 0.3 is 11.9 Å². The van der Waals surface area contributed by atoms with Crippen molar-refractivity contribution in [1.82, 2.24) is 4.90 Å². The van der Waals surface area contributed by atoms with E-state index >= 15 is 0 Å². The van der Waals surface area contributed by atoms with E-state index in [1.165, 1.54) is 13.8 Å². The number of hydrogen-bond donors (Lipinski definition) is 1. The van der Waals surface area contributed by atoms with Gasteiger partial charge in [0.2, 0.25) is 5.91 Å². The summed E-state index contributed by atoms with van der Waals surface area (Å²) in [6.45, 7) is 9.29. The first-order valence-electron chi connectivity index (χ1n) is 13.6. The van der Waals surface area contributed by atoms with E-state index in [1.54, 1.807) is 23.3 Å². The number of amides is 1. The molecule has 4 rings (SSSR count). The van der Waals surface area contributed by atoms with Gasteiger partial charge in [0.15, 0.2) is 18.4 Å². The van der Waals surface area contributed by atoms with E-state index in [9.17, 15) is 14.4 Å². The van der Waals surface area contributed by atoms with Crippen LogP contribution in [0.4, 0.5) is 0 Å². The maximum absolute atomic E-state index is 12.3. The predicted molar refractivity (Wildman–Crippen MR) is 156 cm³/mol. The molecule has 0 saturated carbocycles. The zero-order chi connectivity index (χ0) is 29.8. The molecule has 2 aliphatic rings. The Kier molecular flexibility index (Phi) is 9.16. The molecule has 4 atom stereocenters. The first kappa shape index (κ1) is 30.2. The van der Waals surface area contributed by atoms with Crippen molar-refractivity contribution in [2.45, 2.75) is 64.2 Å². The van der Waals surface area contributed by atoms with E-state index < -0.39 is 50.7 Å². The highest BCUT2D eigenvalue weighted by Gasteiger charge is 2.55. The van der Waals surface area contributed by atoms with Crippen molar-refractivity contribution in [1.29, 1.82) is 0 Å². The number of nitrogens with two attached hydrogens (primary N) is 1. The van der Waals surface area contributed by atoms with Crippen LogP contribution in [0.25, 0.3) is 0 Å². The highest BCUT2D eigenvalue weighted by molar-refractivity contribution is 6.99. The molecular formula is C31H38N2O7Si. The lowest BCUT2D eigenvalue weighted by Gasteiger charge is -2.43. The van der Waals surface area contributed by atoms with Gasteiger partial charge in [-0.1, -0.05) is 87.5 Å². The Morgan fingerprint density at radius 3 is 1.95 bits per heavy atom. The number of ether oxygens (including phenoxy) is 3. The number of carbonyl (C=O) groups is 3. The average Bonchev–Trinajstić information content (AvgIpc) is 3.25. The number of allylic oxidation sites excluding steroid dienone is 2. The van der Waals surface area contributed by atoms with Crippen LogP contribution in [0.3, 0.4) is 0 Å². The van der Waals surface area contributed by atoms with E-state index in [1.807, 2.05) is 36.4 Å². The summed E-state index contributed by atoms with van der Waals surface area (Å²) in [5.74, 6) is -1.66. The first-order chi connectivity index (χ1) is 19.4. The van der Waals surface area contributed by atoms with E-state index in [0.717, 1.165) is 10.4 Å². The predicted octanol–water partition coefficient (Wildman–Crippen LogP) is 2.39. The van der Waals surface area contributed by atoms with E-state index in [2.05, 4.69) is 45.0 Å². The van der Waals surface area contributed by atoms with Gasteiger partial charge in [-0.2, -0.15) is 0 Å². The van der Waals surface area contributed by atoms with E-state index in [4.69, 9.17) is 24.4 Å². The highest BCUT2D eigenvalue weighted by Crippen LogP contribution is 2.38. The molecule has 10 heteroatoms. The summed E-state index contributed by atoms with van der Waals surface area (Å²) in [6, 6.07) is 20.3. The van der Waals surface area contributed by atoms with Gasteiger partial charge in [-0.15, -0.1) is 0 Å². The molecule has 9 nitrogen and oxygen atoms in total. The zero-order valence-corrected chi connectivity index (χ0v) is 25.1. The van der Waals surface area contributed by atoms with Gasteiger partial charge in [-0.3, -0.25) is 14.4 Å². The van der Waals surface area contributed by atoms with Gasteiger partial charge in [0, 0.05) is 25.6 Å². The van der Waals surface area contributed by atoms with Crippen molar-refractivity contribution in [3.63, 3.8) is 0 Å². The molecule has 0 aromatic heterocycles. The molecule has 1 saturated heterocycles. The maximum atomic E-state index is 12.3. The van der Waals surface area contributed by atoms with Crippen molar-refractivity contribution < 1.29 is 33.0 Å². The van der Waals surface area contributed by atoms with Crippen LogP contribution in [0, 0.1) is 0 Å². The van der Waals surface area contributed by atoms with Crippen molar-refractivity contribution in [2.75, 3.05) is 13.2 Å². The van der Waals surface area contributed by atoms with Gasteiger partial charge in [0.05, 0.1) is 13.2 Å². The second-order valence-corrected chi connectivity index (χ2v) is 15.6. The number of primary amides is 1. The largest absolute Gasteiger partial charge is 0.456 e.